The van der Waals surface area contributed by atoms with E-state index >= 15 is 0 Å². The minimum atomic E-state index is 0.442. The molecule has 90 valence electrons. The summed E-state index contributed by atoms with van der Waals surface area (Å²) < 4.78 is 0. The average molecular weight is 260 g/mol. The third-order valence-electron chi connectivity index (χ3n) is 1.89. The number of hydrogen-bond donors (Lipinski definition) is 3. The first-order valence-corrected chi connectivity index (χ1v) is 6.76. The lowest BCUT2D eigenvalue weighted by Crippen LogP contribution is -2.09. The van der Waals surface area contributed by atoms with Gasteiger partial charge in [-0.3, -0.25) is 0 Å². The molecule has 6 N–H and O–H groups in total. The van der Waals surface area contributed by atoms with E-state index in [9.17, 15) is 0 Å². The Morgan fingerprint density at radius 1 is 1.31 bits per heavy atom. The van der Waals surface area contributed by atoms with Crippen LogP contribution >= 0.6 is 23.1 Å². The van der Waals surface area contributed by atoms with Crippen molar-refractivity contribution in [2.45, 2.75) is 25.7 Å². The zero-order valence-corrected chi connectivity index (χ0v) is 10.6. The highest BCUT2D eigenvalue weighted by molar-refractivity contribution is 8.13. The Labute approximate surface area is 103 Å². The molecule has 16 heavy (non-hydrogen) atoms. The molecule has 0 aliphatic rings. The summed E-state index contributed by atoms with van der Waals surface area (Å²) in [5, 5.41) is 13.1. The zero-order chi connectivity index (χ0) is 11.8. The highest BCUT2D eigenvalue weighted by atomic mass is 32.2. The van der Waals surface area contributed by atoms with Crippen LogP contribution in [-0.4, -0.2) is 21.1 Å². The molecule has 0 saturated heterocycles. The van der Waals surface area contributed by atoms with Crippen LogP contribution in [0.1, 0.15) is 24.3 Å². The van der Waals surface area contributed by atoms with Crippen molar-refractivity contribution in [1.29, 1.82) is 0 Å². The fraction of sp³-hybridized carbons (Fsp3) is 0.625. The molecule has 0 bridgehead atoms. The van der Waals surface area contributed by atoms with E-state index in [-0.39, 0.29) is 0 Å². The fourth-order valence-electron chi connectivity index (χ4n) is 1.14. The third kappa shape index (κ3) is 5.17. The van der Waals surface area contributed by atoms with Crippen LogP contribution in [0.2, 0.25) is 0 Å². The van der Waals surface area contributed by atoms with E-state index in [1.807, 2.05) is 0 Å². The number of amidine groups is 1. The number of aryl methyl sites for hydroxylation is 1. The van der Waals surface area contributed by atoms with Crippen LogP contribution in [0, 0.1) is 0 Å². The second-order valence-corrected chi connectivity index (χ2v) is 5.37. The van der Waals surface area contributed by atoms with Crippen LogP contribution in [0.5, 0.6) is 0 Å². The molecule has 1 rings (SSSR count). The van der Waals surface area contributed by atoms with E-state index in [0.717, 1.165) is 36.4 Å². The van der Waals surface area contributed by atoms with Crippen LogP contribution in [0.15, 0.2) is 5.10 Å². The van der Waals surface area contributed by atoms with Gasteiger partial charge in [0.1, 0.15) is 5.01 Å². The molecule has 0 fully saturated rings. The van der Waals surface area contributed by atoms with Gasteiger partial charge in [-0.25, -0.2) is 0 Å². The average Bonchev–Trinajstić information content (AvgIpc) is 2.69. The van der Waals surface area contributed by atoms with E-state index in [0.29, 0.717) is 10.3 Å². The molecule has 8 heteroatoms. The lowest BCUT2D eigenvalue weighted by molar-refractivity contribution is 0.715. The summed E-state index contributed by atoms with van der Waals surface area (Å²) in [5.74, 6) is 5.96. The van der Waals surface area contributed by atoms with E-state index in [1.165, 1.54) is 23.1 Å². The third-order valence-corrected chi connectivity index (χ3v) is 3.60. The molecule has 0 atom stereocenters. The molecule has 0 amide bonds. The van der Waals surface area contributed by atoms with Gasteiger partial charge in [-0.15, -0.1) is 10.2 Å². The SMILES string of the molecule is NN=C(N)SCCCCCc1nnc(N)s1. The fourth-order valence-corrected chi connectivity index (χ4v) is 2.42. The first kappa shape index (κ1) is 13.0. The Balaban J connectivity index is 2.00. The number of rotatable bonds is 6. The molecule has 0 unspecified atom stereocenters. The Morgan fingerprint density at radius 2 is 2.12 bits per heavy atom. The predicted octanol–water partition coefficient (Wildman–Crippen LogP) is 0.755. The number of nitrogen functional groups attached to an aromatic ring is 1. The highest BCUT2D eigenvalue weighted by Gasteiger charge is 2.00. The van der Waals surface area contributed by atoms with Gasteiger partial charge in [0.15, 0.2) is 5.17 Å². The van der Waals surface area contributed by atoms with E-state index in [4.69, 9.17) is 17.3 Å². The number of hydrazone groups is 1. The van der Waals surface area contributed by atoms with E-state index < -0.39 is 0 Å². The summed E-state index contributed by atoms with van der Waals surface area (Å²) in [6.07, 6.45) is 4.26. The monoisotopic (exact) mass is 260 g/mol. The van der Waals surface area contributed by atoms with Crippen molar-refractivity contribution in [2.75, 3.05) is 11.5 Å². The Bertz CT molecular complexity index is 337. The predicted molar refractivity (Wildman–Crippen MR) is 70.1 cm³/mol. The van der Waals surface area contributed by atoms with Crippen LogP contribution in [0.25, 0.3) is 0 Å². The van der Waals surface area contributed by atoms with Gasteiger partial charge in [0.25, 0.3) is 0 Å². The molecule has 0 radical (unpaired) electrons. The van der Waals surface area contributed by atoms with Crippen molar-refractivity contribution in [3.63, 3.8) is 0 Å². The van der Waals surface area contributed by atoms with Gasteiger partial charge in [0.2, 0.25) is 5.13 Å². The van der Waals surface area contributed by atoms with Crippen molar-refractivity contribution >= 4 is 33.4 Å². The summed E-state index contributed by atoms with van der Waals surface area (Å²) in [5.41, 5.74) is 10.9. The highest BCUT2D eigenvalue weighted by Crippen LogP contribution is 2.14. The summed E-state index contributed by atoms with van der Waals surface area (Å²) >= 11 is 2.94. The van der Waals surface area contributed by atoms with Gasteiger partial charge in [-0.1, -0.05) is 29.5 Å². The standard InChI is InChI=1S/C8H16N6S2/c9-7(12-11)15-5-3-1-2-4-6-13-14-8(10)16-6/h1-5,11H2,(H2,9,12)(H2,10,14). The molecule has 1 aromatic rings. The number of aromatic nitrogens is 2. The van der Waals surface area contributed by atoms with Gasteiger partial charge in [-0.05, 0) is 12.8 Å². The lowest BCUT2D eigenvalue weighted by atomic mass is 10.2. The smallest absolute Gasteiger partial charge is 0.203 e. The Hall–Kier alpha value is -1.02. The van der Waals surface area contributed by atoms with Crippen LogP contribution in [0.4, 0.5) is 5.13 Å². The van der Waals surface area contributed by atoms with Crippen molar-refractivity contribution in [3.8, 4) is 0 Å². The number of nitrogens with zero attached hydrogens (tertiary/aromatic N) is 3. The molecule has 0 aliphatic heterocycles. The molecule has 0 saturated carbocycles. The molecular formula is C8H16N6S2. The lowest BCUT2D eigenvalue weighted by Gasteiger charge is -1.99. The number of thioether (sulfide) groups is 1. The summed E-state index contributed by atoms with van der Waals surface area (Å²) in [7, 11) is 0. The maximum Gasteiger partial charge on any atom is 0.203 e. The molecular weight excluding hydrogens is 244 g/mol. The van der Waals surface area contributed by atoms with Gasteiger partial charge < -0.3 is 17.3 Å². The molecule has 0 spiro atoms. The van der Waals surface area contributed by atoms with E-state index in [2.05, 4.69) is 15.3 Å². The van der Waals surface area contributed by atoms with Gasteiger partial charge in [0.05, 0.1) is 0 Å². The second kappa shape index (κ2) is 7.29. The van der Waals surface area contributed by atoms with Crippen LogP contribution < -0.4 is 17.3 Å². The number of nitrogens with two attached hydrogens (primary N) is 3. The molecule has 1 aromatic heterocycles. The minimum Gasteiger partial charge on any atom is -0.377 e. The molecule has 1 heterocycles. The summed E-state index contributed by atoms with van der Waals surface area (Å²) in [6, 6.07) is 0. The normalized spacial score (nSPS) is 11.9. The van der Waals surface area contributed by atoms with E-state index in [1.54, 1.807) is 0 Å². The van der Waals surface area contributed by atoms with Crippen molar-refractivity contribution < 1.29 is 0 Å². The number of anilines is 1. The van der Waals surface area contributed by atoms with Crippen molar-refractivity contribution in [2.24, 2.45) is 16.7 Å². The van der Waals surface area contributed by atoms with Gasteiger partial charge >= 0.3 is 0 Å². The van der Waals surface area contributed by atoms with Crippen molar-refractivity contribution in [1.82, 2.24) is 10.2 Å². The Kier molecular flexibility index (Phi) is 5.94. The van der Waals surface area contributed by atoms with Gasteiger partial charge in [-0.2, -0.15) is 5.10 Å². The minimum absolute atomic E-state index is 0.442. The maximum atomic E-state index is 5.48. The second-order valence-electron chi connectivity index (χ2n) is 3.16. The number of hydrogen-bond acceptors (Lipinski definition) is 7. The first-order chi connectivity index (χ1) is 7.72. The molecule has 0 aliphatic carbocycles. The largest absolute Gasteiger partial charge is 0.377 e. The first-order valence-electron chi connectivity index (χ1n) is 4.96. The molecule has 0 aromatic carbocycles. The number of unbranched alkanes of at least 4 members (excludes halogenated alkanes) is 2. The van der Waals surface area contributed by atoms with Crippen LogP contribution in [-0.2, 0) is 6.42 Å². The Morgan fingerprint density at radius 3 is 2.75 bits per heavy atom. The van der Waals surface area contributed by atoms with Gasteiger partial charge in [0, 0.05) is 12.2 Å². The van der Waals surface area contributed by atoms with Crippen molar-refractivity contribution in [3.05, 3.63) is 5.01 Å². The maximum absolute atomic E-state index is 5.48. The topological polar surface area (TPSA) is 116 Å². The summed E-state index contributed by atoms with van der Waals surface area (Å²) in [4.78, 5) is 0. The molecule has 6 nitrogen and oxygen atoms in total. The summed E-state index contributed by atoms with van der Waals surface area (Å²) in [6.45, 7) is 0. The zero-order valence-electron chi connectivity index (χ0n) is 8.93. The van der Waals surface area contributed by atoms with Crippen LogP contribution in [0.3, 0.4) is 0 Å². The quantitative estimate of drug-likeness (QED) is 0.228.